The van der Waals surface area contributed by atoms with Crippen molar-refractivity contribution in [2.24, 2.45) is 0 Å². The van der Waals surface area contributed by atoms with E-state index in [4.69, 9.17) is 0 Å². The van der Waals surface area contributed by atoms with Crippen molar-refractivity contribution in [3.8, 4) is 0 Å². The van der Waals surface area contributed by atoms with E-state index in [1.165, 1.54) is 18.2 Å². The first-order valence-corrected chi connectivity index (χ1v) is 7.35. The van der Waals surface area contributed by atoms with Crippen LogP contribution in [0.3, 0.4) is 0 Å². The number of hydrogen-bond donors (Lipinski definition) is 2. The van der Waals surface area contributed by atoms with Crippen molar-refractivity contribution in [3.63, 3.8) is 0 Å². The monoisotopic (exact) mass is 364 g/mol. The van der Waals surface area contributed by atoms with Crippen molar-refractivity contribution in [1.82, 2.24) is 10.6 Å². The Hall–Kier alpha value is -2.21. The number of benzene rings is 2. The van der Waals surface area contributed by atoms with Gasteiger partial charge < -0.3 is 10.6 Å². The van der Waals surface area contributed by atoms with E-state index in [0.29, 0.717) is 10.0 Å². The molecule has 0 saturated carbocycles. The van der Waals surface area contributed by atoms with Gasteiger partial charge in [-0.15, -0.1) is 0 Å². The van der Waals surface area contributed by atoms with Crippen LogP contribution >= 0.6 is 15.9 Å². The van der Waals surface area contributed by atoms with Crippen molar-refractivity contribution < 1.29 is 14.0 Å². The number of carbonyl (C=O) groups is 2. The van der Waals surface area contributed by atoms with E-state index in [-0.39, 0.29) is 23.9 Å². The Kier molecular flexibility index (Phi) is 5.27. The molecule has 22 heavy (non-hydrogen) atoms. The van der Waals surface area contributed by atoms with Gasteiger partial charge >= 0.3 is 0 Å². The molecule has 6 heteroatoms. The lowest BCUT2D eigenvalue weighted by Crippen LogP contribution is -2.23. The molecule has 0 aromatic heterocycles. The van der Waals surface area contributed by atoms with E-state index in [1.54, 1.807) is 31.3 Å². The van der Waals surface area contributed by atoms with Crippen molar-refractivity contribution in [1.29, 1.82) is 0 Å². The average molecular weight is 365 g/mol. The van der Waals surface area contributed by atoms with Crippen LogP contribution in [0.25, 0.3) is 0 Å². The molecule has 2 aromatic carbocycles. The van der Waals surface area contributed by atoms with Crippen LogP contribution in [-0.2, 0) is 6.54 Å². The van der Waals surface area contributed by atoms with Crippen LogP contribution in [0.15, 0.2) is 46.9 Å². The quantitative estimate of drug-likeness (QED) is 0.876. The van der Waals surface area contributed by atoms with Gasteiger partial charge in [-0.2, -0.15) is 0 Å². The molecule has 2 rings (SSSR count). The van der Waals surface area contributed by atoms with Crippen molar-refractivity contribution >= 4 is 27.7 Å². The van der Waals surface area contributed by atoms with Crippen LogP contribution in [0.2, 0.25) is 0 Å². The smallest absolute Gasteiger partial charge is 0.252 e. The molecule has 0 atom stereocenters. The highest BCUT2D eigenvalue weighted by molar-refractivity contribution is 9.10. The van der Waals surface area contributed by atoms with Gasteiger partial charge in [0.15, 0.2) is 0 Å². The highest BCUT2D eigenvalue weighted by atomic mass is 79.9. The van der Waals surface area contributed by atoms with Crippen LogP contribution in [0.1, 0.15) is 26.3 Å². The second-order valence-corrected chi connectivity index (χ2v) is 5.44. The molecule has 0 aliphatic carbocycles. The number of halogens is 2. The molecule has 114 valence electrons. The summed E-state index contributed by atoms with van der Waals surface area (Å²) in [7, 11) is 1.56. The molecule has 0 spiro atoms. The Balaban J connectivity index is 2.02. The lowest BCUT2D eigenvalue weighted by Gasteiger charge is -2.08. The van der Waals surface area contributed by atoms with E-state index < -0.39 is 5.82 Å². The lowest BCUT2D eigenvalue weighted by atomic mass is 10.1. The van der Waals surface area contributed by atoms with Crippen LogP contribution < -0.4 is 10.6 Å². The summed E-state index contributed by atoms with van der Waals surface area (Å²) in [5.74, 6) is -1.01. The molecule has 0 unspecified atom stereocenters. The fourth-order valence-electron chi connectivity index (χ4n) is 1.87. The molecule has 0 radical (unpaired) electrons. The minimum absolute atomic E-state index is 0.167. The number of amides is 2. The van der Waals surface area contributed by atoms with Gasteiger partial charge in [0, 0.05) is 23.6 Å². The topological polar surface area (TPSA) is 58.2 Å². The summed E-state index contributed by atoms with van der Waals surface area (Å²) >= 11 is 3.22. The average Bonchev–Trinajstić information content (AvgIpc) is 2.54. The van der Waals surface area contributed by atoms with Crippen LogP contribution in [-0.4, -0.2) is 18.9 Å². The van der Waals surface area contributed by atoms with Gasteiger partial charge in [-0.3, -0.25) is 9.59 Å². The van der Waals surface area contributed by atoms with Crippen LogP contribution in [0.5, 0.6) is 0 Å². The first-order chi connectivity index (χ1) is 10.5. The zero-order valence-corrected chi connectivity index (χ0v) is 13.4. The molecule has 0 fully saturated rings. The zero-order valence-electron chi connectivity index (χ0n) is 11.8. The molecule has 0 aliphatic heterocycles. The van der Waals surface area contributed by atoms with E-state index in [0.717, 1.165) is 5.56 Å². The van der Waals surface area contributed by atoms with Crippen molar-refractivity contribution in [2.75, 3.05) is 7.05 Å². The highest BCUT2D eigenvalue weighted by Crippen LogP contribution is 2.17. The fourth-order valence-corrected chi connectivity index (χ4v) is 2.29. The summed E-state index contributed by atoms with van der Waals surface area (Å²) < 4.78 is 13.7. The van der Waals surface area contributed by atoms with E-state index in [2.05, 4.69) is 26.6 Å². The molecule has 0 bridgehead atoms. The molecule has 0 aliphatic rings. The third kappa shape index (κ3) is 3.92. The normalized spacial score (nSPS) is 10.1. The highest BCUT2D eigenvalue weighted by Gasteiger charge is 2.11. The largest absolute Gasteiger partial charge is 0.355 e. The Bertz CT molecular complexity index is 702. The van der Waals surface area contributed by atoms with Crippen LogP contribution in [0.4, 0.5) is 4.39 Å². The Morgan fingerprint density at radius 1 is 1.09 bits per heavy atom. The lowest BCUT2D eigenvalue weighted by molar-refractivity contribution is 0.0945. The molecule has 2 amide bonds. The fraction of sp³-hybridized carbons (Fsp3) is 0.125. The van der Waals surface area contributed by atoms with Gasteiger partial charge in [0.25, 0.3) is 11.8 Å². The molecular formula is C16H14BrFN2O2. The van der Waals surface area contributed by atoms with Gasteiger partial charge in [0.2, 0.25) is 0 Å². The summed E-state index contributed by atoms with van der Waals surface area (Å²) in [6, 6.07) is 10.8. The molecule has 2 aromatic rings. The van der Waals surface area contributed by atoms with E-state index in [1.807, 2.05) is 0 Å². The molecule has 2 N–H and O–H groups in total. The van der Waals surface area contributed by atoms with Gasteiger partial charge in [0.1, 0.15) is 5.82 Å². The molecule has 0 saturated heterocycles. The second kappa shape index (κ2) is 7.17. The third-order valence-electron chi connectivity index (χ3n) is 3.07. The predicted octanol–water partition coefficient (Wildman–Crippen LogP) is 2.88. The van der Waals surface area contributed by atoms with Crippen molar-refractivity contribution in [2.45, 2.75) is 6.54 Å². The minimum Gasteiger partial charge on any atom is -0.355 e. The van der Waals surface area contributed by atoms with Gasteiger partial charge in [-0.25, -0.2) is 4.39 Å². The number of hydrogen-bond acceptors (Lipinski definition) is 2. The summed E-state index contributed by atoms with van der Waals surface area (Å²) in [4.78, 5) is 23.5. The van der Waals surface area contributed by atoms with Gasteiger partial charge in [-0.1, -0.05) is 12.1 Å². The standard InChI is InChI=1S/C16H14BrFN2O2/c1-19-15(21)11-4-2-10(3-5-11)9-20-16(22)13-8-12(18)6-7-14(13)17/h2-8H,9H2,1H3,(H,19,21)(H,20,22). The van der Waals surface area contributed by atoms with Gasteiger partial charge in [0.05, 0.1) is 5.56 Å². The summed E-state index contributed by atoms with van der Waals surface area (Å²) in [6.45, 7) is 0.288. The second-order valence-electron chi connectivity index (χ2n) is 4.58. The Labute approximate surface area is 135 Å². The SMILES string of the molecule is CNC(=O)c1ccc(CNC(=O)c2cc(F)ccc2Br)cc1. The van der Waals surface area contributed by atoms with Crippen molar-refractivity contribution in [3.05, 3.63) is 69.4 Å². The van der Waals surface area contributed by atoms with E-state index in [9.17, 15) is 14.0 Å². The summed E-state index contributed by atoms with van der Waals surface area (Å²) in [5.41, 5.74) is 1.63. The predicted molar refractivity (Wildman–Crippen MR) is 85.1 cm³/mol. The number of nitrogens with one attached hydrogen (secondary N) is 2. The summed E-state index contributed by atoms with van der Waals surface area (Å²) in [6.07, 6.45) is 0. The number of rotatable bonds is 4. The Morgan fingerprint density at radius 3 is 2.41 bits per heavy atom. The number of carbonyl (C=O) groups excluding carboxylic acids is 2. The molecule has 4 nitrogen and oxygen atoms in total. The summed E-state index contributed by atoms with van der Waals surface area (Å²) in [5, 5.41) is 5.24. The molecular weight excluding hydrogens is 351 g/mol. The van der Waals surface area contributed by atoms with Crippen LogP contribution in [0, 0.1) is 5.82 Å². The maximum Gasteiger partial charge on any atom is 0.252 e. The third-order valence-corrected chi connectivity index (χ3v) is 3.76. The Morgan fingerprint density at radius 2 is 1.77 bits per heavy atom. The maximum absolute atomic E-state index is 13.2. The van der Waals surface area contributed by atoms with Gasteiger partial charge in [-0.05, 0) is 51.8 Å². The first-order valence-electron chi connectivity index (χ1n) is 6.55. The first kappa shape index (κ1) is 16.2. The minimum atomic E-state index is -0.469. The zero-order chi connectivity index (χ0) is 16.1. The maximum atomic E-state index is 13.2. The van der Waals surface area contributed by atoms with E-state index >= 15 is 0 Å². The molecule has 0 heterocycles.